The summed E-state index contributed by atoms with van der Waals surface area (Å²) in [6.45, 7) is 7.39. The van der Waals surface area contributed by atoms with Crippen LogP contribution in [-0.4, -0.2) is 22.0 Å². The molecule has 8 heteroatoms. The first-order valence-electron chi connectivity index (χ1n) is 11.8. The molecule has 2 aromatic carbocycles. The first-order valence-corrected chi connectivity index (χ1v) is 13.0. The zero-order chi connectivity index (χ0) is 26.4. The van der Waals surface area contributed by atoms with E-state index in [1.165, 1.54) is 18.3 Å². The van der Waals surface area contributed by atoms with E-state index in [4.69, 9.17) is 16.3 Å². The number of hydrogen-bond donors (Lipinski definition) is 0. The van der Waals surface area contributed by atoms with E-state index in [0.29, 0.717) is 31.4 Å². The summed E-state index contributed by atoms with van der Waals surface area (Å²) in [5, 5.41) is 0.678. The van der Waals surface area contributed by atoms with Gasteiger partial charge in [0.05, 0.1) is 17.7 Å². The number of aromatic nitrogens is 2. The Hall–Kier alpha value is -3.68. The fourth-order valence-electron chi connectivity index (χ4n) is 5.02. The predicted molar refractivity (Wildman–Crippen MR) is 148 cm³/mol. The molecule has 0 bridgehead atoms. The lowest BCUT2D eigenvalue weighted by Crippen LogP contribution is -2.39. The predicted octanol–water partition coefficient (Wildman–Crippen LogP) is 4.89. The molecular formula is C29H26ClN3O3S. The van der Waals surface area contributed by atoms with Crippen molar-refractivity contribution in [1.29, 1.82) is 0 Å². The van der Waals surface area contributed by atoms with Crippen molar-refractivity contribution in [2.75, 3.05) is 7.11 Å². The molecule has 0 amide bonds. The molecule has 188 valence electrons. The normalized spacial score (nSPS) is 15.5. The first-order chi connectivity index (χ1) is 17.7. The van der Waals surface area contributed by atoms with Crippen molar-refractivity contribution in [3.63, 3.8) is 0 Å². The zero-order valence-corrected chi connectivity index (χ0v) is 22.8. The summed E-state index contributed by atoms with van der Waals surface area (Å²) in [5.74, 6) is 0.486. The number of aryl methyl sites for hydroxylation is 1. The summed E-state index contributed by atoms with van der Waals surface area (Å²) in [7, 11) is 1.59. The third kappa shape index (κ3) is 4.28. The summed E-state index contributed by atoms with van der Waals surface area (Å²) >= 11 is 7.40. The molecule has 5 rings (SSSR count). The number of hydrogen-bond acceptors (Lipinski definition) is 5. The standard InChI is InChI=1S/C29H26ClN3O3S/c1-16-14-20(18(3)32(16)22-12-10-21(30)11-13-22)15-25-28(35)33-27(23-8-6-7-9-24(23)36-5)26(19(4)34)17(2)31-29(33)37-25/h6-15,27H,1-5H3/b25-15+/t27-/m1/s1. The molecule has 1 atom stereocenters. The number of nitrogens with zero attached hydrogens (tertiary/aromatic N) is 3. The topological polar surface area (TPSA) is 65.6 Å². The number of benzene rings is 2. The molecule has 6 nitrogen and oxygen atoms in total. The number of thiazole rings is 1. The molecule has 4 aromatic rings. The fourth-order valence-corrected chi connectivity index (χ4v) is 6.18. The second-order valence-electron chi connectivity index (χ2n) is 9.02. The molecule has 1 aliphatic heterocycles. The van der Waals surface area contributed by atoms with Crippen LogP contribution in [0.5, 0.6) is 5.75 Å². The van der Waals surface area contributed by atoms with Gasteiger partial charge < -0.3 is 9.30 Å². The molecule has 0 radical (unpaired) electrons. The van der Waals surface area contributed by atoms with Gasteiger partial charge in [-0.1, -0.05) is 41.1 Å². The Morgan fingerprint density at radius 3 is 2.49 bits per heavy atom. The van der Waals surface area contributed by atoms with E-state index >= 15 is 0 Å². The first kappa shape index (κ1) is 25.0. The number of carbonyl (C=O) groups excluding carboxylic acids is 1. The Balaban J connectivity index is 1.72. The highest BCUT2D eigenvalue weighted by Gasteiger charge is 2.32. The lowest BCUT2D eigenvalue weighted by Gasteiger charge is -2.25. The summed E-state index contributed by atoms with van der Waals surface area (Å²) < 4.78 is 9.91. The maximum absolute atomic E-state index is 13.9. The number of ketones is 1. The number of halogens is 1. The summed E-state index contributed by atoms with van der Waals surface area (Å²) in [5.41, 5.74) is 5.64. The minimum atomic E-state index is -0.617. The van der Waals surface area contributed by atoms with Gasteiger partial charge in [-0.3, -0.25) is 14.2 Å². The molecule has 0 saturated carbocycles. The summed E-state index contributed by atoms with van der Waals surface area (Å²) in [6, 6.07) is 16.6. The SMILES string of the molecule is COc1ccccc1[C@@H]1C(C(C)=O)=C(C)N=c2s/c(=C/c3cc(C)n(-c4ccc(Cl)cc4)c3C)c(=O)n21. The molecule has 2 aromatic heterocycles. The van der Waals surface area contributed by atoms with Crippen molar-refractivity contribution in [2.45, 2.75) is 33.7 Å². The third-order valence-electron chi connectivity index (χ3n) is 6.68. The van der Waals surface area contributed by atoms with E-state index in [-0.39, 0.29) is 11.3 Å². The number of para-hydroxylation sites is 1. The van der Waals surface area contributed by atoms with Crippen LogP contribution in [0.25, 0.3) is 11.8 Å². The Kier molecular flexibility index (Phi) is 6.52. The summed E-state index contributed by atoms with van der Waals surface area (Å²) in [4.78, 5) is 31.9. The molecule has 3 heterocycles. The zero-order valence-electron chi connectivity index (χ0n) is 21.2. The van der Waals surface area contributed by atoms with Crippen LogP contribution in [0.2, 0.25) is 5.02 Å². The molecule has 0 saturated heterocycles. The van der Waals surface area contributed by atoms with E-state index < -0.39 is 6.04 Å². The van der Waals surface area contributed by atoms with E-state index in [9.17, 15) is 9.59 Å². The maximum atomic E-state index is 13.9. The number of fused-ring (bicyclic) bond motifs is 1. The van der Waals surface area contributed by atoms with Crippen LogP contribution in [0.15, 0.2) is 75.7 Å². The Labute approximate surface area is 223 Å². The highest BCUT2D eigenvalue weighted by Crippen LogP contribution is 2.35. The van der Waals surface area contributed by atoms with Crippen LogP contribution in [0, 0.1) is 13.8 Å². The minimum absolute atomic E-state index is 0.127. The van der Waals surface area contributed by atoms with Gasteiger partial charge in [0.1, 0.15) is 5.75 Å². The van der Waals surface area contributed by atoms with Gasteiger partial charge in [0.25, 0.3) is 5.56 Å². The molecule has 0 spiro atoms. The largest absolute Gasteiger partial charge is 0.496 e. The van der Waals surface area contributed by atoms with Crippen molar-refractivity contribution < 1.29 is 9.53 Å². The molecule has 37 heavy (non-hydrogen) atoms. The van der Waals surface area contributed by atoms with E-state index in [2.05, 4.69) is 15.6 Å². The van der Waals surface area contributed by atoms with E-state index in [0.717, 1.165) is 28.2 Å². The van der Waals surface area contributed by atoms with Crippen molar-refractivity contribution in [1.82, 2.24) is 9.13 Å². The number of methoxy groups -OCH3 is 1. The molecular weight excluding hydrogens is 506 g/mol. The quantitative estimate of drug-likeness (QED) is 0.368. The Bertz CT molecular complexity index is 1760. The molecule has 0 fully saturated rings. The molecule has 0 unspecified atom stereocenters. The second kappa shape index (κ2) is 9.65. The molecule has 0 N–H and O–H groups in total. The highest BCUT2D eigenvalue weighted by molar-refractivity contribution is 7.07. The monoisotopic (exact) mass is 531 g/mol. The number of allylic oxidation sites excluding steroid dienone is 2. The Morgan fingerprint density at radius 2 is 1.81 bits per heavy atom. The van der Waals surface area contributed by atoms with Gasteiger partial charge in [0.15, 0.2) is 10.6 Å². The number of ether oxygens (including phenoxy) is 1. The summed E-state index contributed by atoms with van der Waals surface area (Å²) in [6.07, 6.45) is 1.91. The van der Waals surface area contributed by atoms with E-state index in [1.54, 1.807) is 11.7 Å². The van der Waals surface area contributed by atoms with Gasteiger partial charge in [-0.05, 0) is 75.7 Å². The van der Waals surface area contributed by atoms with Gasteiger partial charge in [-0.25, -0.2) is 4.99 Å². The van der Waals surface area contributed by atoms with Crippen LogP contribution in [0.3, 0.4) is 0 Å². The smallest absolute Gasteiger partial charge is 0.271 e. The maximum Gasteiger partial charge on any atom is 0.271 e. The van der Waals surface area contributed by atoms with Crippen molar-refractivity contribution in [3.8, 4) is 11.4 Å². The number of carbonyl (C=O) groups is 1. The van der Waals surface area contributed by atoms with Gasteiger partial charge in [-0.2, -0.15) is 0 Å². The minimum Gasteiger partial charge on any atom is -0.496 e. The third-order valence-corrected chi connectivity index (χ3v) is 7.91. The molecule has 0 aliphatic carbocycles. The number of rotatable bonds is 5. The average Bonchev–Trinajstić information content (AvgIpc) is 3.33. The lowest BCUT2D eigenvalue weighted by atomic mass is 9.93. The van der Waals surface area contributed by atoms with Crippen molar-refractivity contribution >= 4 is 34.8 Å². The van der Waals surface area contributed by atoms with Crippen LogP contribution >= 0.6 is 22.9 Å². The number of Topliss-reactive ketones (excluding diaryl/α,β-unsaturated/α-hetero) is 1. The van der Waals surface area contributed by atoms with Crippen LogP contribution in [-0.2, 0) is 4.79 Å². The van der Waals surface area contributed by atoms with Crippen LogP contribution in [0.4, 0.5) is 0 Å². The fraction of sp³-hybridized carbons (Fsp3) is 0.207. The van der Waals surface area contributed by atoms with Gasteiger partial charge in [0.2, 0.25) is 0 Å². The van der Waals surface area contributed by atoms with Gasteiger partial charge in [-0.15, -0.1) is 0 Å². The lowest BCUT2D eigenvalue weighted by molar-refractivity contribution is -0.114. The second-order valence-corrected chi connectivity index (χ2v) is 10.5. The van der Waals surface area contributed by atoms with Crippen molar-refractivity contribution in [3.05, 3.63) is 113 Å². The Morgan fingerprint density at radius 1 is 1.11 bits per heavy atom. The highest BCUT2D eigenvalue weighted by atomic mass is 35.5. The van der Waals surface area contributed by atoms with Gasteiger partial charge in [0, 0.05) is 38.9 Å². The average molecular weight is 532 g/mol. The van der Waals surface area contributed by atoms with Crippen molar-refractivity contribution in [2.24, 2.45) is 4.99 Å². The van der Waals surface area contributed by atoms with Crippen LogP contribution in [0.1, 0.15) is 42.4 Å². The molecule has 1 aliphatic rings. The van der Waals surface area contributed by atoms with Crippen LogP contribution < -0.4 is 19.6 Å². The van der Waals surface area contributed by atoms with E-state index in [1.807, 2.05) is 75.4 Å². The van der Waals surface area contributed by atoms with Gasteiger partial charge >= 0.3 is 0 Å².